The van der Waals surface area contributed by atoms with Crippen LogP contribution >= 0.6 is 0 Å². The molecule has 1 N–H and O–H groups in total. The average molecular weight is 396 g/mol. The first-order valence-corrected chi connectivity index (χ1v) is 9.33. The molecule has 2 heterocycles. The summed E-state index contributed by atoms with van der Waals surface area (Å²) < 4.78 is 40.6. The molecule has 0 bridgehead atoms. The zero-order valence-corrected chi connectivity index (χ0v) is 16.0. The SMILES string of the molecule is CCC1N=C(Nc2cc(-c3ccccc3C(F)(F)F)nc3ccccc23)N=C1C. The number of hydrogen-bond acceptors (Lipinski definition) is 4. The Morgan fingerprint density at radius 1 is 1.03 bits per heavy atom. The lowest BCUT2D eigenvalue weighted by Gasteiger charge is -2.15. The zero-order valence-electron chi connectivity index (χ0n) is 16.0. The van der Waals surface area contributed by atoms with Crippen molar-refractivity contribution in [1.29, 1.82) is 0 Å². The van der Waals surface area contributed by atoms with Gasteiger partial charge in [0, 0.05) is 16.7 Å². The van der Waals surface area contributed by atoms with E-state index in [-0.39, 0.29) is 17.3 Å². The zero-order chi connectivity index (χ0) is 20.6. The van der Waals surface area contributed by atoms with Crippen molar-refractivity contribution >= 4 is 28.3 Å². The Morgan fingerprint density at radius 2 is 1.76 bits per heavy atom. The molecule has 0 aliphatic carbocycles. The fraction of sp³-hybridized carbons (Fsp3) is 0.227. The summed E-state index contributed by atoms with van der Waals surface area (Å²) in [6.45, 7) is 3.95. The molecule has 0 saturated carbocycles. The van der Waals surface area contributed by atoms with E-state index in [1.807, 2.05) is 26.0 Å². The Kier molecular flexibility index (Phi) is 4.82. The minimum absolute atomic E-state index is 0.0241. The molecule has 4 rings (SSSR count). The van der Waals surface area contributed by atoms with Gasteiger partial charge in [-0.1, -0.05) is 43.3 Å². The van der Waals surface area contributed by atoms with E-state index in [0.717, 1.165) is 23.6 Å². The van der Waals surface area contributed by atoms with Crippen molar-refractivity contribution in [3.8, 4) is 11.3 Å². The number of hydrogen-bond donors (Lipinski definition) is 1. The van der Waals surface area contributed by atoms with Crippen molar-refractivity contribution in [2.45, 2.75) is 32.5 Å². The monoisotopic (exact) mass is 396 g/mol. The summed E-state index contributed by atoms with van der Waals surface area (Å²) in [5.74, 6) is 0.459. The summed E-state index contributed by atoms with van der Waals surface area (Å²) in [6, 6.07) is 14.4. The van der Waals surface area contributed by atoms with E-state index in [9.17, 15) is 13.2 Å². The van der Waals surface area contributed by atoms with Crippen LogP contribution in [-0.2, 0) is 6.18 Å². The second-order valence-corrected chi connectivity index (χ2v) is 6.87. The Hall–Kier alpha value is -3.22. The number of aromatic nitrogens is 1. The van der Waals surface area contributed by atoms with Crippen molar-refractivity contribution < 1.29 is 13.2 Å². The highest BCUT2D eigenvalue weighted by atomic mass is 19.4. The topological polar surface area (TPSA) is 49.6 Å². The molecule has 7 heteroatoms. The molecule has 0 spiro atoms. The molecule has 1 aliphatic rings. The standard InChI is InChI=1S/C22H19F3N4/c1-3-17-13(2)26-21(28-17)29-20-12-19(27-18-11-7-5-9-15(18)20)14-8-4-6-10-16(14)22(23,24)25/h4-12,17H,3H2,1-2H3,(H,27,28,29). The highest BCUT2D eigenvalue weighted by molar-refractivity contribution is 6.11. The van der Waals surface area contributed by atoms with Gasteiger partial charge >= 0.3 is 6.18 Å². The number of benzene rings is 2. The van der Waals surface area contributed by atoms with Crippen LogP contribution in [0.25, 0.3) is 22.2 Å². The summed E-state index contributed by atoms with van der Waals surface area (Å²) in [4.78, 5) is 13.5. The molecule has 3 aromatic rings. The number of fused-ring (bicyclic) bond motifs is 1. The minimum Gasteiger partial charge on any atom is -0.324 e. The fourth-order valence-electron chi connectivity index (χ4n) is 3.45. The molecule has 0 saturated heterocycles. The van der Waals surface area contributed by atoms with Gasteiger partial charge in [0.25, 0.3) is 0 Å². The van der Waals surface area contributed by atoms with Crippen LogP contribution < -0.4 is 5.32 Å². The largest absolute Gasteiger partial charge is 0.417 e. The predicted molar refractivity (Wildman–Crippen MR) is 110 cm³/mol. The maximum absolute atomic E-state index is 13.5. The third-order valence-corrected chi connectivity index (χ3v) is 4.90. The van der Waals surface area contributed by atoms with Crippen LogP contribution in [0.2, 0.25) is 0 Å². The second kappa shape index (κ2) is 7.31. The van der Waals surface area contributed by atoms with Gasteiger partial charge < -0.3 is 5.32 Å². The first-order chi connectivity index (χ1) is 13.9. The van der Waals surface area contributed by atoms with E-state index >= 15 is 0 Å². The van der Waals surface area contributed by atoms with Crippen LogP contribution in [0.1, 0.15) is 25.8 Å². The molecule has 1 unspecified atom stereocenters. The summed E-state index contributed by atoms with van der Waals surface area (Å²) in [5.41, 5.74) is 1.69. The van der Waals surface area contributed by atoms with Gasteiger partial charge in [-0.3, -0.25) is 0 Å². The van der Waals surface area contributed by atoms with Crippen LogP contribution in [0.4, 0.5) is 18.9 Å². The third-order valence-electron chi connectivity index (χ3n) is 4.90. The van der Waals surface area contributed by atoms with Crippen molar-refractivity contribution in [2.24, 2.45) is 9.98 Å². The van der Waals surface area contributed by atoms with Gasteiger partial charge in [0.1, 0.15) is 0 Å². The quantitative estimate of drug-likeness (QED) is 0.595. The first kappa shape index (κ1) is 19.1. The number of rotatable bonds is 3. The maximum Gasteiger partial charge on any atom is 0.417 e. The number of anilines is 1. The van der Waals surface area contributed by atoms with Crippen LogP contribution in [0, 0.1) is 0 Å². The highest BCUT2D eigenvalue weighted by Gasteiger charge is 2.33. The number of guanidine groups is 1. The van der Waals surface area contributed by atoms with Crippen molar-refractivity contribution in [3.63, 3.8) is 0 Å². The lowest BCUT2D eigenvalue weighted by atomic mass is 10.0. The van der Waals surface area contributed by atoms with Crippen molar-refractivity contribution in [3.05, 3.63) is 60.2 Å². The molecule has 0 radical (unpaired) electrons. The first-order valence-electron chi connectivity index (χ1n) is 9.33. The molecular formula is C22H19F3N4. The third kappa shape index (κ3) is 3.72. The van der Waals surface area contributed by atoms with E-state index in [2.05, 4.69) is 20.3 Å². The Balaban J connectivity index is 1.85. The van der Waals surface area contributed by atoms with Gasteiger partial charge in [-0.25, -0.2) is 15.0 Å². The smallest absolute Gasteiger partial charge is 0.324 e. The van der Waals surface area contributed by atoms with Crippen molar-refractivity contribution in [2.75, 3.05) is 5.32 Å². The average Bonchev–Trinajstić information content (AvgIpc) is 3.06. The number of nitrogens with one attached hydrogen (secondary N) is 1. The number of nitrogens with zero attached hydrogens (tertiary/aromatic N) is 3. The summed E-state index contributed by atoms with van der Waals surface area (Å²) in [7, 11) is 0. The van der Waals surface area contributed by atoms with E-state index in [1.165, 1.54) is 12.1 Å². The number of halogens is 3. The van der Waals surface area contributed by atoms with Gasteiger partial charge in [0.15, 0.2) is 0 Å². The maximum atomic E-state index is 13.5. The molecule has 1 aliphatic heterocycles. The van der Waals surface area contributed by atoms with Gasteiger partial charge in [-0.2, -0.15) is 13.2 Å². The van der Waals surface area contributed by atoms with Crippen LogP contribution in [-0.4, -0.2) is 22.7 Å². The molecule has 0 fully saturated rings. The van der Waals surface area contributed by atoms with Gasteiger partial charge in [-0.15, -0.1) is 0 Å². The van der Waals surface area contributed by atoms with Gasteiger partial charge in [0.2, 0.25) is 5.96 Å². The summed E-state index contributed by atoms with van der Waals surface area (Å²) in [6.07, 6.45) is -3.63. The molecule has 2 aromatic carbocycles. The molecule has 29 heavy (non-hydrogen) atoms. The van der Waals surface area contributed by atoms with E-state index in [1.54, 1.807) is 24.3 Å². The second-order valence-electron chi connectivity index (χ2n) is 6.87. The number of aliphatic imine (C=N–C) groups is 2. The molecular weight excluding hydrogens is 377 g/mol. The summed E-state index contributed by atoms with van der Waals surface area (Å²) >= 11 is 0. The molecule has 1 atom stereocenters. The Labute approximate surface area is 166 Å². The van der Waals surface area contributed by atoms with Crippen molar-refractivity contribution in [1.82, 2.24) is 4.98 Å². The normalized spacial score (nSPS) is 16.7. The van der Waals surface area contributed by atoms with Crippen LogP contribution in [0.15, 0.2) is 64.6 Å². The van der Waals surface area contributed by atoms with Crippen LogP contribution in [0.3, 0.4) is 0 Å². The van der Waals surface area contributed by atoms with E-state index in [4.69, 9.17) is 0 Å². The molecule has 4 nitrogen and oxygen atoms in total. The number of alkyl halides is 3. The lowest BCUT2D eigenvalue weighted by Crippen LogP contribution is -2.10. The Morgan fingerprint density at radius 3 is 2.48 bits per heavy atom. The summed E-state index contributed by atoms with van der Waals surface area (Å²) in [5, 5.41) is 3.98. The van der Waals surface area contributed by atoms with Gasteiger partial charge in [0.05, 0.1) is 28.5 Å². The van der Waals surface area contributed by atoms with E-state index < -0.39 is 11.7 Å². The molecule has 0 amide bonds. The minimum atomic E-state index is -4.47. The highest BCUT2D eigenvalue weighted by Crippen LogP contribution is 2.38. The lowest BCUT2D eigenvalue weighted by molar-refractivity contribution is -0.137. The molecule has 148 valence electrons. The van der Waals surface area contributed by atoms with Crippen LogP contribution in [0.5, 0.6) is 0 Å². The van der Waals surface area contributed by atoms with E-state index in [0.29, 0.717) is 17.2 Å². The fourth-order valence-corrected chi connectivity index (χ4v) is 3.45. The Bertz CT molecular complexity index is 1130. The predicted octanol–water partition coefficient (Wildman–Crippen LogP) is 5.94. The number of para-hydroxylation sites is 1. The number of pyridine rings is 1. The molecule has 1 aromatic heterocycles. The van der Waals surface area contributed by atoms with Gasteiger partial charge in [-0.05, 0) is 31.5 Å².